The van der Waals surface area contributed by atoms with E-state index < -0.39 is 0 Å². The predicted molar refractivity (Wildman–Crippen MR) is 81.8 cm³/mol. The largest absolute Gasteiger partial charge is 0.454 e. The van der Waals surface area contributed by atoms with Crippen LogP contribution >= 0.6 is 0 Å². The zero-order chi connectivity index (χ0) is 14.8. The second-order valence-corrected chi connectivity index (χ2v) is 5.89. The van der Waals surface area contributed by atoms with E-state index >= 15 is 0 Å². The molecule has 0 unspecified atom stereocenters. The number of rotatable bonds is 3. The van der Waals surface area contributed by atoms with Crippen LogP contribution in [0.5, 0.6) is 11.5 Å². The molecular formula is C17H19N3O2. The number of ether oxygens (including phenoxy) is 2. The molecule has 22 heavy (non-hydrogen) atoms. The molecule has 2 aliphatic rings. The van der Waals surface area contributed by atoms with Crippen molar-refractivity contribution >= 4 is 0 Å². The van der Waals surface area contributed by atoms with Gasteiger partial charge in [-0.25, -0.2) is 0 Å². The summed E-state index contributed by atoms with van der Waals surface area (Å²) in [5, 5.41) is 0. The molecule has 0 bridgehead atoms. The van der Waals surface area contributed by atoms with Crippen molar-refractivity contribution in [3.05, 3.63) is 48.0 Å². The van der Waals surface area contributed by atoms with E-state index in [0.717, 1.165) is 36.8 Å². The average molecular weight is 297 g/mol. The van der Waals surface area contributed by atoms with Crippen molar-refractivity contribution in [1.82, 2.24) is 14.9 Å². The lowest BCUT2D eigenvalue weighted by Gasteiger charge is -2.32. The molecule has 2 aliphatic heterocycles. The van der Waals surface area contributed by atoms with Gasteiger partial charge in [0.15, 0.2) is 11.5 Å². The molecule has 1 saturated heterocycles. The summed E-state index contributed by atoms with van der Waals surface area (Å²) in [7, 11) is 0. The van der Waals surface area contributed by atoms with Gasteiger partial charge in [-0.3, -0.25) is 14.9 Å². The fourth-order valence-electron chi connectivity index (χ4n) is 3.26. The Bertz CT molecular complexity index is 648. The first-order valence-corrected chi connectivity index (χ1v) is 7.75. The van der Waals surface area contributed by atoms with Crippen molar-refractivity contribution in [2.75, 3.05) is 19.9 Å². The Labute approximate surface area is 129 Å². The zero-order valence-electron chi connectivity index (χ0n) is 12.4. The van der Waals surface area contributed by atoms with Crippen LogP contribution in [0, 0.1) is 0 Å². The third-order valence-corrected chi connectivity index (χ3v) is 4.35. The molecule has 0 saturated carbocycles. The molecule has 5 nitrogen and oxygen atoms in total. The van der Waals surface area contributed by atoms with E-state index in [9.17, 15) is 0 Å². The standard InChI is InChI=1S/C17H19N3O2/c1-2-14(15-9-18-5-6-19-15)11-20(7-1)10-13-3-4-16-17(8-13)22-12-21-16/h3-6,8-9,14H,1-2,7,10-12H2/t14-/m0/s1. The molecule has 114 valence electrons. The molecule has 1 aromatic carbocycles. The Kier molecular flexibility index (Phi) is 3.64. The highest BCUT2D eigenvalue weighted by atomic mass is 16.7. The van der Waals surface area contributed by atoms with E-state index in [-0.39, 0.29) is 0 Å². The van der Waals surface area contributed by atoms with Gasteiger partial charge in [-0.05, 0) is 37.1 Å². The first-order chi connectivity index (χ1) is 10.9. The fourth-order valence-corrected chi connectivity index (χ4v) is 3.26. The minimum absolute atomic E-state index is 0.331. The van der Waals surface area contributed by atoms with Gasteiger partial charge in [0, 0.05) is 37.6 Å². The summed E-state index contributed by atoms with van der Waals surface area (Å²) >= 11 is 0. The Morgan fingerprint density at radius 3 is 3.05 bits per heavy atom. The third-order valence-electron chi connectivity index (χ3n) is 4.35. The van der Waals surface area contributed by atoms with Gasteiger partial charge in [0.25, 0.3) is 0 Å². The maximum atomic E-state index is 5.46. The zero-order valence-corrected chi connectivity index (χ0v) is 12.4. The van der Waals surface area contributed by atoms with E-state index in [1.807, 2.05) is 12.3 Å². The summed E-state index contributed by atoms with van der Waals surface area (Å²) in [5.41, 5.74) is 2.38. The molecule has 0 N–H and O–H groups in total. The van der Waals surface area contributed by atoms with Crippen LogP contribution in [-0.4, -0.2) is 34.8 Å². The van der Waals surface area contributed by atoms with Crippen LogP contribution in [0.4, 0.5) is 0 Å². The van der Waals surface area contributed by atoms with E-state index in [4.69, 9.17) is 9.47 Å². The van der Waals surface area contributed by atoms with Crippen LogP contribution in [0.15, 0.2) is 36.8 Å². The molecule has 1 fully saturated rings. The lowest BCUT2D eigenvalue weighted by molar-refractivity contribution is 0.173. The first kappa shape index (κ1) is 13.5. The number of nitrogens with zero attached hydrogens (tertiary/aromatic N) is 3. The van der Waals surface area contributed by atoms with Gasteiger partial charge < -0.3 is 9.47 Å². The lowest BCUT2D eigenvalue weighted by Crippen LogP contribution is -2.34. The van der Waals surface area contributed by atoms with E-state index in [0.29, 0.717) is 12.7 Å². The monoisotopic (exact) mass is 297 g/mol. The van der Waals surface area contributed by atoms with Crippen molar-refractivity contribution in [2.24, 2.45) is 0 Å². The molecule has 0 spiro atoms. The molecule has 0 radical (unpaired) electrons. The van der Waals surface area contributed by atoms with E-state index in [1.54, 1.807) is 12.4 Å². The minimum Gasteiger partial charge on any atom is -0.454 e. The number of aromatic nitrogens is 2. The average Bonchev–Trinajstić information content (AvgIpc) is 3.04. The second kappa shape index (κ2) is 5.93. The molecule has 5 heteroatoms. The van der Waals surface area contributed by atoms with Crippen molar-refractivity contribution < 1.29 is 9.47 Å². The van der Waals surface area contributed by atoms with Gasteiger partial charge >= 0.3 is 0 Å². The lowest BCUT2D eigenvalue weighted by atomic mass is 9.94. The van der Waals surface area contributed by atoms with Gasteiger partial charge in [-0.2, -0.15) is 0 Å². The Morgan fingerprint density at radius 2 is 2.14 bits per heavy atom. The van der Waals surface area contributed by atoms with Crippen LogP contribution in [-0.2, 0) is 6.54 Å². The number of hydrogen-bond acceptors (Lipinski definition) is 5. The summed E-state index contributed by atoms with van der Waals surface area (Å²) in [5.74, 6) is 2.19. The van der Waals surface area contributed by atoms with Crippen molar-refractivity contribution in [3.63, 3.8) is 0 Å². The number of hydrogen-bond donors (Lipinski definition) is 0. The summed E-state index contributed by atoms with van der Waals surface area (Å²) < 4.78 is 10.8. The highest BCUT2D eigenvalue weighted by Crippen LogP contribution is 2.33. The van der Waals surface area contributed by atoms with Crippen LogP contribution in [0.25, 0.3) is 0 Å². The number of fused-ring (bicyclic) bond motifs is 1. The molecular weight excluding hydrogens is 278 g/mol. The van der Waals surface area contributed by atoms with Crippen molar-refractivity contribution in [3.8, 4) is 11.5 Å². The molecule has 2 aromatic rings. The summed E-state index contributed by atoms with van der Waals surface area (Å²) in [4.78, 5) is 11.1. The summed E-state index contributed by atoms with van der Waals surface area (Å²) in [6, 6.07) is 6.22. The second-order valence-electron chi connectivity index (χ2n) is 5.89. The Balaban J connectivity index is 1.44. The van der Waals surface area contributed by atoms with Crippen molar-refractivity contribution in [1.29, 1.82) is 0 Å². The van der Waals surface area contributed by atoms with Gasteiger partial charge in [0.2, 0.25) is 6.79 Å². The first-order valence-electron chi connectivity index (χ1n) is 7.75. The minimum atomic E-state index is 0.331. The SMILES string of the molecule is c1cnc([C@H]2CCCN(Cc3ccc4c(c3)OCO4)C2)cn1. The number of piperidine rings is 1. The van der Waals surface area contributed by atoms with Crippen molar-refractivity contribution in [2.45, 2.75) is 25.3 Å². The molecule has 3 heterocycles. The van der Waals surface area contributed by atoms with Crippen LogP contribution in [0.2, 0.25) is 0 Å². The maximum Gasteiger partial charge on any atom is 0.231 e. The van der Waals surface area contributed by atoms with Crippen LogP contribution < -0.4 is 9.47 Å². The van der Waals surface area contributed by atoms with Gasteiger partial charge in [0.1, 0.15) is 0 Å². The summed E-state index contributed by atoms with van der Waals surface area (Å²) in [6.45, 7) is 3.43. The normalized spacial score (nSPS) is 21.0. The van der Waals surface area contributed by atoms with Crippen LogP contribution in [0.1, 0.15) is 30.0 Å². The Morgan fingerprint density at radius 1 is 1.18 bits per heavy atom. The van der Waals surface area contributed by atoms with Gasteiger partial charge in [-0.15, -0.1) is 0 Å². The summed E-state index contributed by atoms with van der Waals surface area (Å²) in [6.07, 6.45) is 7.81. The highest BCUT2D eigenvalue weighted by Gasteiger charge is 2.23. The fraction of sp³-hybridized carbons (Fsp3) is 0.412. The molecule has 1 aromatic heterocycles. The smallest absolute Gasteiger partial charge is 0.231 e. The van der Waals surface area contributed by atoms with Gasteiger partial charge in [-0.1, -0.05) is 6.07 Å². The third kappa shape index (κ3) is 2.76. The molecule has 0 aliphatic carbocycles. The van der Waals surface area contributed by atoms with Gasteiger partial charge in [0.05, 0.1) is 5.69 Å². The maximum absolute atomic E-state index is 5.46. The predicted octanol–water partition coefficient (Wildman–Crippen LogP) is 2.58. The van der Waals surface area contributed by atoms with E-state index in [1.165, 1.54) is 18.4 Å². The molecule has 1 atom stereocenters. The number of benzene rings is 1. The highest BCUT2D eigenvalue weighted by molar-refractivity contribution is 5.44. The number of likely N-dealkylation sites (tertiary alicyclic amines) is 1. The Hall–Kier alpha value is -2.14. The van der Waals surface area contributed by atoms with E-state index in [2.05, 4.69) is 27.0 Å². The molecule has 4 rings (SSSR count). The molecule has 0 amide bonds. The van der Waals surface area contributed by atoms with Crippen LogP contribution in [0.3, 0.4) is 0 Å². The quantitative estimate of drug-likeness (QED) is 0.871. The topological polar surface area (TPSA) is 47.5 Å².